The van der Waals surface area contributed by atoms with E-state index < -0.39 is 24.2 Å². The minimum absolute atomic E-state index is 0.0659. The molecule has 1 fully saturated rings. The second kappa shape index (κ2) is 8.54. The molecule has 12 heteroatoms. The first-order valence-corrected chi connectivity index (χ1v) is 9.62. The Hall–Kier alpha value is -3.54. The van der Waals surface area contributed by atoms with Gasteiger partial charge < -0.3 is 21.1 Å². The number of anilines is 1. The van der Waals surface area contributed by atoms with E-state index in [0.29, 0.717) is 12.1 Å². The number of piperidine rings is 1. The van der Waals surface area contributed by atoms with Crippen LogP contribution in [0.2, 0.25) is 0 Å². The van der Waals surface area contributed by atoms with Crippen molar-refractivity contribution in [1.29, 1.82) is 0 Å². The van der Waals surface area contributed by atoms with Gasteiger partial charge in [0.2, 0.25) is 0 Å². The van der Waals surface area contributed by atoms with Crippen LogP contribution in [0.3, 0.4) is 0 Å². The van der Waals surface area contributed by atoms with Crippen LogP contribution in [-0.4, -0.2) is 52.5 Å². The molecule has 8 nitrogen and oxygen atoms in total. The van der Waals surface area contributed by atoms with Gasteiger partial charge in [0.1, 0.15) is 29.3 Å². The van der Waals surface area contributed by atoms with Crippen molar-refractivity contribution in [3.63, 3.8) is 0 Å². The summed E-state index contributed by atoms with van der Waals surface area (Å²) >= 11 is 0. The number of aromatic nitrogens is 3. The molecule has 2 atom stereocenters. The van der Waals surface area contributed by atoms with Crippen molar-refractivity contribution in [2.24, 2.45) is 5.73 Å². The Morgan fingerprint density at radius 1 is 1.16 bits per heavy atom. The van der Waals surface area contributed by atoms with Crippen molar-refractivity contribution in [3.8, 4) is 17.0 Å². The van der Waals surface area contributed by atoms with Crippen LogP contribution in [0.25, 0.3) is 22.3 Å². The highest BCUT2D eigenvalue weighted by atomic mass is 19.4. The molecule has 2 aromatic heterocycles. The molecule has 0 radical (unpaired) electrons. The van der Waals surface area contributed by atoms with Crippen molar-refractivity contribution in [2.45, 2.75) is 25.0 Å². The first-order chi connectivity index (χ1) is 15.2. The molecule has 4 rings (SSSR count). The molecule has 0 unspecified atom stereocenters. The number of pyridine rings is 1. The Morgan fingerprint density at radius 2 is 1.91 bits per heavy atom. The Bertz CT molecular complexity index is 1140. The molecule has 4 N–H and O–H groups in total. The number of carbonyl (C=O) groups excluding carboxylic acids is 1. The number of benzene rings is 1. The lowest BCUT2D eigenvalue weighted by Crippen LogP contribution is -2.44. The number of primary amides is 1. The summed E-state index contributed by atoms with van der Waals surface area (Å²) in [5, 5.41) is 6.09. The largest absolute Gasteiger partial charge is 0.573 e. The molecule has 3 aromatic rings. The van der Waals surface area contributed by atoms with Crippen molar-refractivity contribution in [3.05, 3.63) is 42.2 Å². The van der Waals surface area contributed by atoms with Gasteiger partial charge in [-0.2, -0.15) is 0 Å². The molecular weight excluding hydrogens is 432 g/mol. The smallest absolute Gasteiger partial charge is 0.406 e. The van der Waals surface area contributed by atoms with Crippen LogP contribution in [0, 0.1) is 0 Å². The molecule has 3 heterocycles. The summed E-state index contributed by atoms with van der Waals surface area (Å²) < 4.78 is 54.8. The number of fused-ring (bicyclic) bond motifs is 1. The van der Waals surface area contributed by atoms with Gasteiger partial charge in [-0.05, 0) is 30.3 Å². The van der Waals surface area contributed by atoms with E-state index in [4.69, 9.17) is 5.73 Å². The van der Waals surface area contributed by atoms with Gasteiger partial charge >= 0.3 is 6.36 Å². The van der Waals surface area contributed by atoms with Gasteiger partial charge in [-0.25, -0.2) is 19.3 Å². The topological polar surface area (TPSA) is 115 Å². The maximum absolute atomic E-state index is 13.7. The third kappa shape index (κ3) is 4.85. The summed E-state index contributed by atoms with van der Waals surface area (Å²) in [6.07, 6.45) is -4.32. The summed E-state index contributed by atoms with van der Waals surface area (Å²) in [6, 6.07) is 6.15. The van der Waals surface area contributed by atoms with Gasteiger partial charge in [-0.1, -0.05) is 0 Å². The lowest BCUT2D eigenvalue weighted by atomic mass is 10.1. The first-order valence-electron chi connectivity index (χ1n) is 9.62. The zero-order valence-corrected chi connectivity index (χ0v) is 16.5. The zero-order chi connectivity index (χ0) is 22.9. The van der Waals surface area contributed by atoms with Gasteiger partial charge in [0, 0.05) is 31.1 Å². The Balaban J connectivity index is 1.74. The summed E-state index contributed by atoms with van der Waals surface area (Å²) in [5.74, 6) is -0.866. The van der Waals surface area contributed by atoms with E-state index in [2.05, 4.69) is 30.3 Å². The van der Waals surface area contributed by atoms with Crippen LogP contribution in [0.15, 0.2) is 36.7 Å². The highest BCUT2D eigenvalue weighted by molar-refractivity contribution is 6.06. The lowest BCUT2D eigenvalue weighted by molar-refractivity contribution is -0.274. The van der Waals surface area contributed by atoms with Crippen LogP contribution in [-0.2, 0) is 0 Å². The molecule has 1 amide bonds. The maximum Gasteiger partial charge on any atom is 0.573 e. The van der Waals surface area contributed by atoms with E-state index in [1.165, 1.54) is 24.5 Å². The molecule has 1 aromatic carbocycles. The van der Waals surface area contributed by atoms with Crippen LogP contribution in [0.1, 0.15) is 16.8 Å². The van der Waals surface area contributed by atoms with Gasteiger partial charge in [0.25, 0.3) is 5.91 Å². The number of alkyl halides is 4. The lowest BCUT2D eigenvalue weighted by Gasteiger charge is -2.27. The van der Waals surface area contributed by atoms with Gasteiger partial charge in [0.15, 0.2) is 5.82 Å². The van der Waals surface area contributed by atoms with Crippen LogP contribution >= 0.6 is 0 Å². The quantitative estimate of drug-likeness (QED) is 0.512. The average Bonchev–Trinajstić information content (AvgIpc) is 2.73. The zero-order valence-electron chi connectivity index (χ0n) is 16.5. The predicted molar refractivity (Wildman–Crippen MR) is 108 cm³/mol. The highest BCUT2D eigenvalue weighted by Gasteiger charge is 2.31. The van der Waals surface area contributed by atoms with Crippen LogP contribution in [0.4, 0.5) is 23.4 Å². The first kappa shape index (κ1) is 21.7. The highest BCUT2D eigenvalue weighted by Crippen LogP contribution is 2.30. The Labute approximate surface area is 179 Å². The third-order valence-corrected chi connectivity index (χ3v) is 4.88. The minimum Gasteiger partial charge on any atom is -0.406 e. The van der Waals surface area contributed by atoms with Gasteiger partial charge in [-0.15, -0.1) is 13.2 Å². The summed E-state index contributed by atoms with van der Waals surface area (Å²) in [4.78, 5) is 24.9. The Kier molecular flexibility index (Phi) is 5.78. The number of nitrogens with one attached hydrogen (secondary N) is 2. The second-order valence-electron chi connectivity index (χ2n) is 7.24. The minimum atomic E-state index is -4.81. The van der Waals surface area contributed by atoms with Gasteiger partial charge in [0.05, 0.1) is 11.3 Å². The number of carbonyl (C=O) groups is 1. The third-order valence-electron chi connectivity index (χ3n) is 4.88. The summed E-state index contributed by atoms with van der Waals surface area (Å²) in [5.41, 5.74) is 6.71. The van der Waals surface area contributed by atoms with E-state index in [-0.39, 0.29) is 47.1 Å². The van der Waals surface area contributed by atoms with E-state index in [1.54, 1.807) is 0 Å². The number of amides is 1. The van der Waals surface area contributed by atoms with Crippen molar-refractivity contribution in [1.82, 2.24) is 20.3 Å². The van der Waals surface area contributed by atoms with Crippen LogP contribution in [0.5, 0.6) is 5.75 Å². The van der Waals surface area contributed by atoms with E-state index in [0.717, 1.165) is 12.1 Å². The van der Waals surface area contributed by atoms with Crippen molar-refractivity contribution < 1.29 is 27.1 Å². The Morgan fingerprint density at radius 3 is 2.56 bits per heavy atom. The molecule has 168 valence electrons. The SMILES string of the molecule is NC(=O)c1cc(-c2ccc(OC(F)(F)F)cc2)nc2c(N[C@@H]3CNC[C@H](F)C3)ncnc12. The normalized spacial score (nSPS) is 19.0. The fourth-order valence-corrected chi connectivity index (χ4v) is 3.50. The monoisotopic (exact) mass is 450 g/mol. The van der Waals surface area contributed by atoms with E-state index in [9.17, 15) is 22.4 Å². The molecular formula is C20H18F4N6O2. The summed E-state index contributed by atoms with van der Waals surface area (Å²) in [6.45, 7) is 0.778. The number of hydrogen-bond acceptors (Lipinski definition) is 7. The fourth-order valence-electron chi connectivity index (χ4n) is 3.50. The average molecular weight is 450 g/mol. The number of halogens is 4. The van der Waals surface area contributed by atoms with Gasteiger partial charge in [-0.3, -0.25) is 4.79 Å². The molecule has 0 bridgehead atoms. The van der Waals surface area contributed by atoms with E-state index >= 15 is 0 Å². The molecule has 1 aliphatic heterocycles. The van der Waals surface area contributed by atoms with Crippen molar-refractivity contribution >= 4 is 22.8 Å². The predicted octanol–water partition coefficient (Wildman–Crippen LogP) is 2.80. The van der Waals surface area contributed by atoms with Crippen molar-refractivity contribution in [2.75, 3.05) is 18.4 Å². The second-order valence-corrected chi connectivity index (χ2v) is 7.24. The standard InChI is InChI=1S/C20H18F4N6O2/c21-11-5-12(8-26-7-11)29-19-17-16(27-9-28-19)14(18(25)31)6-15(30-17)10-1-3-13(4-2-10)32-20(22,23)24/h1-4,6,9,11-12,26H,5,7-8H2,(H2,25,31)(H,27,28,29)/t11-,12+/m1/s1. The number of rotatable bonds is 5. The number of nitrogens with two attached hydrogens (primary N) is 1. The summed E-state index contributed by atoms with van der Waals surface area (Å²) in [7, 11) is 0. The molecule has 32 heavy (non-hydrogen) atoms. The molecule has 1 saturated heterocycles. The molecule has 0 aliphatic carbocycles. The number of nitrogens with zero attached hydrogens (tertiary/aromatic N) is 3. The number of hydrogen-bond donors (Lipinski definition) is 3. The molecule has 1 aliphatic rings. The van der Waals surface area contributed by atoms with Crippen LogP contribution < -0.4 is 21.1 Å². The molecule has 0 spiro atoms. The maximum atomic E-state index is 13.7. The van der Waals surface area contributed by atoms with E-state index in [1.807, 2.05) is 0 Å². The number of ether oxygens (including phenoxy) is 1. The fraction of sp³-hybridized carbons (Fsp3) is 0.300. The molecule has 0 saturated carbocycles.